The summed E-state index contributed by atoms with van der Waals surface area (Å²) >= 11 is 0. The molecule has 0 atom stereocenters. The van der Waals surface area contributed by atoms with Crippen LogP contribution < -0.4 is 4.74 Å². The highest BCUT2D eigenvalue weighted by Gasteiger charge is 1.96. The normalized spacial score (nSPS) is 9.15. The van der Waals surface area contributed by atoms with Crippen LogP contribution in [-0.2, 0) is 0 Å². The molecule has 1 heterocycles. The molecule has 2 nitrogen and oxygen atoms in total. The molecule has 0 aliphatic carbocycles. The SMILES string of the molecule is CC.COc1ccc2occc2c1. The van der Waals surface area contributed by atoms with Crippen LogP contribution >= 0.6 is 0 Å². The maximum atomic E-state index is 5.16. The first kappa shape index (κ1) is 9.65. The average Bonchev–Trinajstić information content (AvgIpc) is 2.67. The van der Waals surface area contributed by atoms with E-state index < -0.39 is 0 Å². The molecule has 0 aliphatic rings. The second-order valence-electron chi connectivity index (χ2n) is 2.32. The molecule has 2 heteroatoms. The van der Waals surface area contributed by atoms with Crippen molar-refractivity contribution >= 4 is 11.0 Å². The molecule has 0 aliphatic heterocycles. The van der Waals surface area contributed by atoms with E-state index in [1.807, 2.05) is 38.1 Å². The molecule has 2 aromatic rings. The van der Waals surface area contributed by atoms with Crippen molar-refractivity contribution in [3.05, 3.63) is 30.5 Å². The largest absolute Gasteiger partial charge is 0.497 e. The summed E-state index contributed by atoms with van der Waals surface area (Å²) in [7, 11) is 1.65. The van der Waals surface area contributed by atoms with Crippen LogP contribution in [0.25, 0.3) is 11.0 Å². The Labute approximate surface area is 78.1 Å². The van der Waals surface area contributed by atoms with E-state index in [4.69, 9.17) is 9.15 Å². The van der Waals surface area contributed by atoms with Gasteiger partial charge in [0.25, 0.3) is 0 Å². The highest BCUT2D eigenvalue weighted by molar-refractivity contribution is 5.78. The van der Waals surface area contributed by atoms with E-state index in [-0.39, 0.29) is 0 Å². The van der Waals surface area contributed by atoms with Crippen molar-refractivity contribution in [3.8, 4) is 5.75 Å². The molecule has 0 saturated heterocycles. The molecule has 0 saturated carbocycles. The van der Waals surface area contributed by atoms with Gasteiger partial charge in [-0.1, -0.05) is 13.8 Å². The Morgan fingerprint density at radius 3 is 2.62 bits per heavy atom. The fourth-order valence-corrected chi connectivity index (χ4v) is 1.07. The average molecular weight is 178 g/mol. The molecule has 0 spiro atoms. The minimum atomic E-state index is 0.860. The third kappa shape index (κ3) is 2.02. The van der Waals surface area contributed by atoms with Gasteiger partial charge < -0.3 is 9.15 Å². The molecule has 1 aromatic heterocycles. The number of hydrogen-bond donors (Lipinski definition) is 0. The van der Waals surface area contributed by atoms with Gasteiger partial charge in [0.1, 0.15) is 11.3 Å². The first-order valence-electron chi connectivity index (χ1n) is 4.41. The van der Waals surface area contributed by atoms with Crippen molar-refractivity contribution in [2.45, 2.75) is 13.8 Å². The molecule has 2 rings (SSSR count). The van der Waals surface area contributed by atoms with E-state index in [9.17, 15) is 0 Å². The number of hydrogen-bond acceptors (Lipinski definition) is 2. The molecule has 0 unspecified atom stereocenters. The van der Waals surface area contributed by atoms with Gasteiger partial charge in [-0.15, -0.1) is 0 Å². The topological polar surface area (TPSA) is 22.4 Å². The molecule has 0 bridgehead atoms. The number of methoxy groups -OCH3 is 1. The van der Waals surface area contributed by atoms with Gasteiger partial charge >= 0.3 is 0 Å². The van der Waals surface area contributed by atoms with Crippen molar-refractivity contribution in [1.29, 1.82) is 0 Å². The third-order valence-corrected chi connectivity index (χ3v) is 1.66. The number of ether oxygens (including phenoxy) is 1. The van der Waals surface area contributed by atoms with Gasteiger partial charge in [-0.2, -0.15) is 0 Å². The summed E-state index contributed by atoms with van der Waals surface area (Å²) in [6, 6.07) is 7.64. The van der Waals surface area contributed by atoms with E-state index in [0.717, 1.165) is 16.7 Å². The lowest BCUT2D eigenvalue weighted by molar-refractivity contribution is 0.415. The molecule has 13 heavy (non-hydrogen) atoms. The van der Waals surface area contributed by atoms with Crippen LogP contribution in [0.2, 0.25) is 0 Å². The van der Waals surface area contributed by atoms with Crippen LogP contribution in [0.1, 0.15) is 13.8 Å². The van der Waals surface area contributed by atoms with Crippen LogP contribution in [0.5, 0.6) is 5.75 Å². The Hall–Kier alpha value is -1.44. The van der Waals surface area contributed by atoms with E-state index in [0.29, 0.717) is 0 Å². The Morgan fingerprint density at radius 1 is 1.15 bits per heavy atom. The van der Waals surface area contributed by atoms with Crippen LogP contribution in [0.15, 0.2) is 34.9 Å². The lowest BCUT2D eigenvalue weighted by atomic mass is 10.2. The Morgan fingerprint density at radius 2 is 1.92 bits per heavy atom. The molecule has 0 N–H and O–H groups in total. The highest BCUT2D eigenvalue weighted by Crippen LogP contribution is 2.20. The molecule has 70 valence electrons. The van der Waals surface area contributed by atoms with E-state index in [1.54, 1.807) is 13.4 Å². The maximum absolute atomic E-state index is 5.16. The van der Waals surface area contributed by atoms with Crippen molar-refractivity contribution in [2.24, 2.45) is 0 Å². The van der Waals surface area contributed by atoms with Crippen LogP contribution in [0.4, 0.5) is 0 Å². The summed E-state index contributed by atoms with van der Waals surface area (Å²) in [5, 5.41) is 1.07. The summed E-state index contributed by atoms with van der Waals surface area (Å²) in [6.45, 7) is 4.00. The van der Waals surface area contributed by atoms with E-state index in [1.165, 1.54) is 0 Å². The fourth-order valence-electron chi connectivity index (χ4n) is 1.07. The minimum absolute atomic E-state index is 0.860. The van der Waals surface area contributed by atoms with Crippen molar-refractivity contribution < 1.29 is 9.15 Å². The highest BCUT2D eigenvalue weighted by atomic mass is 16.5. The van der Waals surface area contributed by atoms with Gasteiger partial charge in [-0.05, 0) is 24.3 Å². The standard InChI is InChI=1S/C9H8O2.C2H6/c1-10-8-2-3-9-7(6-8)4-5-11-9;1-2/h2-6H,1H3;1-2H3. The van der Waals surface area contributed by atoms with Crippen LogP contribution in [0, 0.1) is 0 Å². The zero-order valence-corrected chi connectivity index (χ0v) is 8.20. The molecule has 1 aromatic carbocycles. The van der Waals surface area contributed by atoms with Gasteiger partial charge in [0.05, 0.1) is 13.4 Å². The van der Waals surface area contributed by atoms with Crippen molar-refractivity contribution in [2.75, 3.05) is 7.11 Å². The smallest absolute Gasteiger partial charge is 0.134 e. The lowest BCUT2D eigenvalue weighted by Gasteiger charge is -1.96. The molecular formula is C11H14O2. The predicted octanol–water partition coefficient (Wildman–Crippen LogP) is 3.47. The first-order valence-corrected chi connectivity index (χ1v) is 4.41. The number of benzene rings is 1. The lowest BCUT2D eigenvalue weighted by Crippen LogP contribution is -1.79. The Bertz CT molecular complexity index is 363. The van der Waals surface area contributed by atoms with Gasteiger partial charge in [0, 0.05) is 5.39 Å². The van der Waals surface area contributed by atoms with Crippen LogP contribution in [-0.4, -0.2) is 7.11 Å². The fraction of sp³-hybridized carbons (Fsp3) is 0.273. The van der Waals surface area contributed by atoms with E-state index in [2.05, 4.69) is 0 Å². The Kier molecular flexibility index (Phi) is 3.38. The summed E-state index contributed by atoms with van der Waals surface area (Å²) in [5.74, 6) is 0.860. The van der Waals surface area contributed by atoms with Crippen LogP contribution in [0.3, 0.4) is 0 Å². The van der Waals surface area contributed by atoms with Crippen molar-refractivity contribution in [3.63, 3.8) is 0 Å². The second-order valence-corrected chi connectivity index (χ2v) is 2.32. The second kappa shape index (κ2) is 4.55. The summed E-state index contributed by atoms with van der Waals surface area (Å²) < 4.78 is 10.2. The van der Waals surface area contributed by atoms with Crippen molar-refractivity contribution in [1.82, 2.24) is 0 Å². The predicted molar refractivity (Wildman–Crippen MR) is 54.1 cm³/mol. The van der Waals surface area contributed by atoms with Gasteiger partial charge in [0.15, 0.2) is 0 Å². The summed E-state index contributed by atoms with van der Waals surface area (Å²) in [6.07, 6.45) is 1.67. The third-order valence-electron chi connectivity index (χ3n) is 1.66. The Balaban J connectivity index is 0.000000396. The zero-order valence-electron chi connectivity index (χ0n) is 8.20. The minimum Gasteiger partial charge on any atom is -0.497 e. The molecule has 0 amide bonds. The zero-order chi connectivity index (χ0) is 9.68. The monoisotopic (exact) mass is 178 g/mol. The molecular weight excluding hydrogens is 164 g/mol. The molecule has 0 fully saturated rings. The molecule has 0 radical (unpaired) electrons. The maximum Gasteiger partial charge on any atom is 0.134 e. The summed E-state index contributed by atoms with van der Waals surface area (Å²) in [4.78, 5) is 0. The number of furan rings is 1. The first-order chi connectivity index (χ1) is 6.40. The summed E-state index contributed by atoms with van der Waals surface area (Å²) in [5.41, 5.74) is 0.894. The van der Waals surface area contributed by atoms with Gasteiger partial charge in [-0.3, -0.25) is 0 Å². The number of fused-ring (bicyclic) bond motifs is 1. The number of rotatable bonds is 1. The van der Waals surface area contributed by atoms with E-state index >= 15 is 0 Å². The van der Waals surface area contributed by atoms with Gasteiger partial charge in [0.2, 0.25) is 0 Å². The van der Waals surface area contributed by atoms with Gasteiger partial charge in [-0.25, -0.2) is 0 Å². The quantitative estimate of drug-likeness (QED) is 0.667.